The third kappa shape index (κ3) is 2.04. The van der Waals surface area contributed by atoms with E-state index in [2.05, 4.69) is 6.92 Å². The summed E-state index contributed by atoms with van der Waals surface area (Å²) in [5.41, 5.74) is 6.92. The third-order valence-electron chi connectivity index (χ3n) is 4.17. The molecule has 2 rings (SSSR count). The predicted molar refractivity (Wildman–Crippen MR) is 68.4 cm³/mol. The quantitative estimate of drug-likeness (QED) is 0.848. The van der Waals surface area contributed by atoms with Gasteiger partial charge in [-0.3, -0.25) is 0 Å². The third-order valence-corrected chi connectivity index (χ3v) is 4.87. The van der Waals surface area contributed by atoms with Crippen molar-refractivity contribution in [1.82, 2.24) is 0 Å². The summed E-state index contributed by atoms with van der Waals surface area (Å²) in [7, 11) is 0. The second-order valence-corrected chi connectivity index (χ2v) is 5.82. The van der Waals surface area contributed by atoms with E-state index in [1.807, 2.05) is 16.8 Å². The van der Waals surface area contributed by atoms with Crippen LogP contribution in [0.1, 0.15) is 44.3 Å². The molecule has 3 unspecified atom stereocenters. The zero-order chi connectivity index (χ0) is 11.6. The van der Waals surface area contributed by atoms with Gasteiger partial charge in [0.2, 0.25) is 0 Å². The first-order valence-corrected chi connectivity index (χ1v) is 7.06. The van der Waals surface area contributed by atoms with Crippen LogP contribution in [0.15, 0.2) is 16.8 Å². The molecule has 3 N–H and O–H groups in total. The summed E-state index contributed by atoms with van der Waals surface area (Å²) in [5, 5.41) is 14.6. The molecule has 0 amide bonds. The molecular formula is C13H21NOS. The van der Waals surface area contributed by atoms with E-state index in [1.165, 1.54) is 12.8 Å². The van der Waals surface area contributed by atoms with Crippen molar-refractivity contribution in [3.05, 3.63) is 22.4 Å². The largest absolute Gasteiger partial charge is 0.388 e. The lowest BCUT2D eigenvalue weighted by Crippen LogP contribution is -2.34. The maximum Gasteiger partial charge on any atom is 0.0866 e. The van der Waals surface area contributed by atoms with Crippen molar-refractivity contribution in [1.29, 1.82) is 0 Å². The number of aliphatic hydroxyl groups excluding tert-OH is 1. The minimum Gasteiger partial charge on any atom is -0.388 e. The van der Waals surface area contributed by atoms with Crippen LogP contribution < -0.4 is 5.73 Å². The van der Waals surface area contributed by atoms with Crippen LogP contribution in [0.4, 0.5) is 0 Å². The monoisotopic (exact) mass is 239 g/mol. The molecule has 1 aromatic rings. The zero-order valence-electron chi connectivity index (χ0n) is 9.86. The van der Waals surface area contributed by atoms with Gasteiger partial charge in [-0.1, -0.05) is 13.3 Å². The first-order valence-electron chi connectivity index (χ1n) is 6.12. The molecule has 0 aromatic carbocycles. The number of nitrogens with two attached hydrogens (primary N) is 1. The molecule has 1 heterocycles. The smallest absolute Gasteiger partial charge is 0.0866 e. The molecule has 1 aliphatic rings. The van der Waals surface area contributed by atoms with Crippen LogP contribution in [-0.4, -0.2) is 11.7 Å². The van der Waals surface area contributed by atoms with E-state index in [4.69, 9.17) is 5.73 Å². The number of aliphatic hydroxyl groups is 1. The number of thiophene rings is 1. The van der Waals surface area contributed by atoms with E-state index in [1.54, 1.807) is 11.3 Å². The Bertz CT molecular complexity index is 325. The molecule has 0 spiro atoms. The van der Waals surface area contributed by atoms with Gasteiger partial charge in [0.15, 0.2) is 0 Å². The maximum atomic E-state index is 10.5. The first-order chi connectivity index (χ1) is 7.72. The molecule has 1 aliphatic carbocycles. The van der Waals surface area contributed by atoms with E-state index in [0.29, 0.717) is 6.54 Å². The maximum absolute atomic E-state index is 10.5. The standard InChI is InChI=1S/C13H21NOS/c1-2-10-3-5-13(7-10,9-14)12(15)11-4-6-16-8-11/h4,6,8,10,12,15H,2-3,5,7,9,14H2,1H3. The van der Waals surface area contributed by atoms with Crippen molar-refractivity contribution in [3.63, 3.8) is 0 Å². The molecular weight excluding hydrogens is 218 g/mol. The van der Waals surface area contributed by atoms with Crippen LogP contribution in [0.5, 0.6) is 0 Å². The van der Waals surface area contributed by atoms with Crippen LogP contribution in [-0.2, 0) is 0 Å². The Morgan fingerprint density at radius 3 is 3.00 bits per heavy atom. The van der Waals surface area contributed by atoms with E-state index in [9.17, 15) is 5.11 Å². The molecule has 0 radical (unpaired) electrons. The fraction of sp³-hybridized carbons (Fsp3) is 0.692. The topological polar surface area (TPSA) is 46.2 Å². The van der Waals surface area contributed by atoms with Crippen molar-refractivity contribution < 1.29 is 5.11 Å². The average Bonchev–Trinajstić information content (AvgIpc) is 2.98. The van der Waals surface area contributed by atoms with Crippen LogP contribution in [0.25, 0.3) is 0 Å². The summed E-state index contributed by atoms with van der Waals surface area (Å²) in [4.78, 5) is 0. The second-order valence-electron chi connectivity index (χ2n) is 5.04. The molecule has 3 heteroatoms. The van der Waals surface area contributed by atoms with Crippen LogP contribution in [0, 0.1) is 11.3 Å². The minimum absolute atomic E-state index is 0.0677. The SMILES string of the molecule is CCC1CCC(CN)(C(O)c2ccsc2)C1. The highest BCUT2D eigenvalue weighted by molar-refractivity contribution is 7.07. The molecule has 1 saturated carbocycles. The van der Waals surface area contributed by atoms with Crippen molar-refractivity contribution >= 4 is 11.3 Å². The zero-order valence-corrected chi connectivity index (χ0v) is 10.7. The van der Waals surface area contributed by atoms with Gasteiger partial charge in [-0.25, -0.2) is 0 Å². The Morgan fingerprint density at radius 1 is 1.69 bits per heavy atom. The van der Waals surface area contributed by atoms with Crippen molar-refractivity contribution in [2.24, 2.45) is 17.1 Å². The summed E-state index contributed by atoms with van der Waals surface area (Å²) in [5.74, 6) is 0.747. The van der Waals surface area contributed by atoms with Crippen molar-refractivity contribution in [2.75, 3.05) is 6.54 Å². The molecule has 1 fully saturated rings. The Labute approximate surface area is 101 Å². The highest BCUT2D eigenvalue weighted by Crippen LogP contribution is 2.50. The summed E-state index contributed by atoms with van der Waals surface area (Å²) >= 11 is 1.64. The summed E-state index contributed by atoms with van der Waals surface area (Å²) in [6, 6.07) is 2.02. The molecule has 16 heavy (non-hydrogen) atoms. The lowest BCUT2D eigenvalue weighted by atomic mass is 9.77. The second kappa shape index (κ2) is 4.86. The van der Waals surface area contributed by atoms with Gasteiger partial charge in [-0.2, -0.15) is 11.3 Å². The Hall–Kier alpha value is -0.380. The number of rotatable bonds is 4. The number of hydrogen-bond donors (Lipinski definition) is 2. The van der Waals surface area contributed by atoms with E-state index < -0.39 is 0 Å². The molecule has 0 saturated heterocycles. The van der Waals surface area contributed by atoms with Crippen molar-refractivity contribution in [2.45, 2.75) is 38.7 Å². The van der Waals surface area contributed by atoms with E-state index in [-0.39, 0.29) is 11.5 Å². The Morgan fingerprint density at radius 2 is 2.50 bits per heavy atom. The number of hydrogen-bond acceptors (Lipinski definition) is 3. The van der Waals surface area contributed by atoms with Gasteiger partial charge in [-0.05, 0) is 47.6 Å². The van der Waals surface area contributed by atoms with Crippen molar-refractivity contribution in [3.8, 4) is 0 Å². The highest BCUT2D eigenvalue weighted by atomic mass is 32.1. The normalized spacial score (nSPS) is 31.8. The Kier molecular flexibility index (Phi) is 3.67. The van der Waals surface area contributed by atoms with Gasteiger partial charge in [0.1, 0.15) is 0 Å². The first kappa shape index (κ1) is 12.1. The van der Waals surface area contributed by atoms with Crippen LogP contribution in [0.3, 0.4) is 0 Å². The van der Waals surface area contributed by atoms with Gasteiger partial charge < -0.3 is 10.8 Å². The molecule has 90 valence electrons. The fourth-order valence-corrected chi connectivity index (χ4v) is 3.63. The molecule has 3 atom stereocenters. The lowest BCUT2D eigenvalue weighted by Gasteiger charge is -2.33. The highest BCUT2D eigenvalue weighted by Gasteiger charge is 2.43. The summed E-state index contributed by atoms with van der Waals surface area (Å²) < 4.78 is 0. The van der Waals surface area contributed by atoms with E-state index >= 15 is 0 Å². The van der Waals surface area contributed by atoms with Crippen LogP contribution >= 0.6 is 11.3 Å². The molecule has 0 bridgehead atoms. The predicted octanol–water partition coefficient (Wildman–Crippen LogP) is 2.94. The molecule has 2 nitrogen and oxygen atoms in total. The molecule has 0 aliphatic heterocycles. The Balaban J connectivity index is 2.16. The van der Waals surface area contributed by atoms with Crippen LogP contribution in [0.2, 0.25) is 0 Å². The van der Waals surface area contributed by atoms with Gasteiger partial charge in [-0.15, -0.1) is 0 Å². The summed E-state index contributed by atoms with van der Waals surface area (Å²) in [6.07, 6.45) is 4.20. The fourth-order valence-electron chi connectivity index (χ4n) is 2.95. The van der Waals surface area contributed by atoms with Gasteiger partial charge in [0, 0.05) is 12.0 Å². The minimum atomic E-state index is -0.375. The van der Waals surface area contributed by atoms with Gasteiger partial charge >= 0.3 is 0 Å². The van der Waals surface area contributed by atoms with Gasteiger partial charge in [0.25, 0.3) is 0 Å². The molecule has 1 aromatic heterocycles. The average molecular weight is 239 g/mol. The summed E-state index contributed by atoms with van der Waals surface area (Å²) in [6.45, 7) is 2.83. The van der Waals surface area contributed by atoms with E-state index in [0.717, 1.165) is 24.3 Å². The van der Waals surface area contributed by atoms with Gasteiger partial charge in [0.05, 0.1) is 6.10 Å². The lowest BCUT2D eigenvalue weighted by molar-refractivity contribution is 0.0305.